The molecule has 0 saturated heterocycles. The van der Waals surface area contributed by atoms with Crippen molar-refractivity contribution in [2.24, 2.45) is 11.5 Å². The Morgan fingerprint density at radius 1 is 0.667 bits per heavy atom. The van der Waals surface area contributed by atoms with Crippen LogP contribution in [-0.4, -0.2) is 62.2 Å². The van der Waals surface area contributed by atoms with E-state index in [0.717, 1.165) is 39.3 Å². The predicted molar refractivity (Wildman–Crippen MR) is 71.4 cm³/mol. The summed E-state index contributed by atoms with van der Waals surface area (Å²) in [6.07, 6.45) is 1.05. The molecule has 0 radical (unpaired) electrons. The van der Waals surface area contributed by atoms with Gasteiger partial charge in [-0.3, -0.25) is 9.80 Å². The van der Waals surface area contributed by atoms with Crippen LogP contribution in [0.3, 0.4) is 0 Å². The summed E-state index contributed by atoms with van der Waals surface area (Å²) in [6, 6.07) is 4.29. The minimum atomic E-state index is 0.523. The Hall–Kier alpha value is -1.18. The number of nitriles is 2. The van der Waals surface area contributed by atoms with E-state index in [1.54, 1.807) is 0 Å². The molecule has 0 aliphatic rings. The molecule has 0 amide bonds. The Balaban J connectivity index is 4.01. The highest BCUT2D eigenvalue weighted by Crippen LogP contribution is 1.95. The molecule has 0 atom stereocenters. The van der Waals surface area contributed by atoms with Crippen molar-refractivity contribution in [3.8, 4) is 12.1 Å². The van der Waals surface area contributed by atoms with Gasteiger partial charge in [-0.05, 0) is 0 Å². The van der Waals surface area contributed by atoms with E-state index in [9.17, 15) is 0 Å². The molecule has 6 heteroatoms. The molecule has 102 valence electrons. The molecule has 0 heterocycles. The normalized spacial score (nSPS) is 10.6. The molecule has 0 aromatic heterocycles. The van der Waals surface area contributed by atoms with Gasteiger partial charge in [-0.1, -0.05) is 0 Å². The third kappa shape index (κ3) is 8.91. The molecule has 0 fully saturated rings. The summed E-state index contributed by atoms with van der Waals surface area (Å²) in [6.45, 7) is 6.03. The van der Waals surface area contributed by atoms with Crippen molar-refractivity contribution in [2.45, 2.75) is 12.8 Å². The molecule has 0 aliphatic heterocycles. The minimum Gasteiger partial charge on any atom is -0.329 e. The minimum absolute atomic E-state index is 0.523. The number of hydrogen-bond donors (Lipinski definition) is 2. The zero-order chi connectivity index (χ0) is 13.6. The van der Waals surface area contributed by atoms with E-state index in [-0.39, 0.29) is 0 Å². The van der Waals surface area contributed by atoms with E-state index in [0.29, 0.717) is 25.9 Å². The quantitative estimate of drug-likeness (QED) is 0.505. The van der Waals surface area contributed by atoms with Crippen molar-refractivity contribution in [2.75, 3.05) is 52.4 Å². The molecule has 6 nitrogen and oxygen atoms in total. The summed E-state index contributed by atoms with van der Waals surface area (Å²) < 4.78 is 0. The Morgan fingerprint density at radius 3 is 1.33 bits per heavy atom. The molecule has 4 N–H and O–H groups in total. The topological polar surface area (TPSA) is 106 Å². The molecule has 0 bridgehead atoms. The summed E-state index contributed by atoms with van der Waals surface area (Å²) in [4.78, 5) is 4.36. The lowest BCUT2D eigenvalue weighted by atomic mass is 10.3. The number of rotatable bonds is 11. The summed E-state index contributed by atoms with van der Waals surface area (Å²) in [7, 11) is 0. The van der Waals surface area contributed by atoms with E-state index in [4.69, 9.17) is 22.0 Å². The van der Waals surface area contributed by atoms with Crippen LogP contribution in [0.5, 0.6) is 0 Å². The Kier molecular flexibility index (Phi) is 11.5. The van der Waals surface area contributed by atoms with Crippen molar-refractivity contribution < 1.29 is 0 Å². The monoisotopic (exact) mass is 252 g/mol. The van der Waals surface area contributed by atoms with Gasteiger partial charge in [-0.2, -0.15) is 10.5 Å². The molecule has 0 aliphatic carbocycles. The molecule has 18 heavy (non-hydrogen) atoms. The number of nitrogens with two attached hydrogens (primary N) is 2. The van der Waals surface area contributed by atoms with Crippen LogP contribution >= 0.6 is 0 Å². The van der Waals surface area contributed by atoms with Crippen molar-refractivity contribution >= 4 is 0 Å². The van der Waals surface area contributed by atoms with Gasteiger partial charge in [0.1, 0.15) is 0 Å². The Morgan fingerprint density at radius 2 is 1.06 bits per heavy atom. The maximum atomic E-state index is 8.59. The summed E-state index contributed by atoms with van der Waals surface area (Å²) in [5.41, 5.74) is 11.1. The highest BCUT2D eigenvalue weighted by Gasteiger charge is 2.08. The van der Waals surface area contributed by atoms with E-state index in [2.05, 4.69) is 21.9 Å². The zero-order valence-electron chi connectivity index (χ0n) is 11.0. The first-order valence-electron chi connectivity index (χ1n) is 6.37. The summed E-state index contributed by atoms with van der Waals surface area (Å²) >= 11 is 0. The molecular weight excluding hydrogens is 228 g/mol. The standard InChI is InChI=1S/C12H24N6/c13-3-1-7-17(9-5-15)11-12-18(10-6-16)8-2-4-14/h1-2,5-12,15-16H2. The van der Waals surface area contributed by atoms with Crippen molar-refractivity contribution in [3.05, 3.63) is 0 Å². The van der Waals surface area contributed by atoms with Gasteiger partial charge in [0.05, 0.1) is 12.1 Å². The van der Waals surface area contributed by atoms with Gasteiger partial charge in [0.2, 0.25) is 0 Å². The summed E-state index contributed by atoms with van der Waals surface area (Å²) in [5.74, 6) is 0. The van der Waals surface area contributed by atoms with Crippen LogP contribution in [0.15, 0.2) is 0 Å². The average molecular weight is 252 g/mol. The average Bonchev–Trinajstić information content (AvgIpc) is 2.38. The number of hydrogen-bond acceptors (Lipinski definition) is 6. The first-order valence-corrected chi connectivity index (χ1v) is 6.37. The molecule has 0 aromatic carbocycles. The largest absolute Gasteiger partial charge is 0.329 e. The zero-order valence-corrected chi connectivity index (χ0v) is 11.0. The van der Waals surface area contributed by atoms with Gasteiger partial charge in [-0.15, -0.1) is 0 Å². The fourth-order valence-corrected chi connectivity index (χ4v) is 1.74. The first-order chi connectivity index (χ1) is 8.78. The van der Waals surface area contributed by atoms with Gasteiger partial charge in [0.25, 0.3) is 0 Å². The second kappa shape index (κ2) is 12.3. The van der Waals surface area contributed by atoms with Gasteiger partial charge in [-0.25, -0.2) is 0 Å². The Labute approximate surface area is 110 Å². The third-order valence-electron chi connectivity index (χ3n) is 2.70. The molecule has 0 unspecified atom stereocenters. The van der Waals surface area contributed by atoms with E-state index < -0.39 is 0 Å². The second-order valence-electron chi connectivity index (χ2n) is 4.08. The maximum absolute atomic E-state index is 8.59. The van der Waals surface area contributed by atoms with E-state index >= 15 is 0 Å². The van der Waals surface area contributed by atoms with E-state index in [1.165, 1.54) is 0 Å². The fraction of sp³-hybridized carbons (Fsp3) is 0.833. The van der Waals surface area contributed by atoms with Gasteiger partial charge in [0, 0.05) is 65.2 Å². The van der Waals surface area contributed by atoms with Gasteiger partial charge < -0.3 is 11.5 Å². The van der Waals surface area contributed by atoms with Crippen LogP contribution in [0.1, 0.15) is 12.8 Å². The van der Waals surface area contributed by atoms with Gasteiger partial charge >= 0.3 is 0 Å². The second-order valence-corrected chi connectivity index (χ2v) is 4.08. The van der Waals surface area contributed by atoms with Crippen LogP contribution in [0.25, 0.3) is 0 Å². The third-order valence-corrected chi connectivity index (χ3v) is 2.70. The van der Waals surface area contributed by atoms with Crippen LogP contribution in [0.4, 0.5) is 0 Å². The van der Waals surface area contributed by atoms with Crippen LogP contribution in [0, 0.1) is 22.7 Å². The first kappa shape index (κ1) is 16.8. The molecule has 0 saturated carbocycles. The van der Waals surface area contributed by atoms with Gasteiger partial charge in [0.15, 0.2) is 0 Å². The lowest BCUT2D eigenvalue weighted by Crippen LogP contribution is -2.40. The Bertz CT molecular complexity index is 239. The lowest BCUT2D eigenvalue weighted by Gasteiger charge is -2.26. The number of nitrogens with zero attached hydrogens (tertiary/aromatic N) is 4. The lowest BCUT2D eigenvalue weighted by molar-refractivity contribution is 0.214. The van der Waals surface area contributed by atoms with Crippen molar-refractivity contribution in [1.29, 1.82) is 10.5 Å². The fourth-order valence-electron chi connectivity index (χ4n) is 1.74. The maximum Gasteiger partial charge on any atom is 0.0635 e. The molecule has 0 aromatic rings. The molecule has 0 spiro atoms. The SMILES string of the molecule is N#CCCN(CCN)CCN(CCN)CCC#N. The molecular formula is C12H24N6. The van der Waals surface area contributed by atoms with Crippen LogP contribution in [0.2, 0.25) is 0 Å². The van der Waals surface area contributed by atoms with Crippen molar-refractivity contribution in [3.63, 3.8) is 0 Å². The van der Waals surface area contributed by atoms with E-state index in [1.807, 2.05) is 0 Å². The highest BCUT2D eigenvalue weighted by molar-refractivity contribution is 4.75. The smallest absolute Gasteiger partial charge is 0.0635 e. The predicted octanol–water partition coefficient (Wildman–Crippen LogP) is -0.665. The van der Waals surface area contributed by atoms with Crippen LogP contribution < -0.4 is 11.5 Å². The molecule has 0 rings (SSSR count). The van der Waals surface area contributed by atoms with Crippen molar-refractivity contribution in [1.82, 2.24) is 9.80 Å². The highest BCUT2D eigenvalue weighted by atomic mass is 15.2. The summed E-state index contributed by atoms with van der Waals surface area (Å²) in [5, 5.41) is 17.2. The van der Waals surface area contributed by atoms with Crippen LogP contribution in [-0.2, 0) is 0 Å².